The first-order valence-electron chi connectivity index (χ1n) is 17.0. The molecular weight excluding hydrogens is 780 g/mol. The number of piperidine rings is 1. The molecule has 0 saturated carbocycles. The van der Waals surface area contributed by atoms with Crippen molar-refractivity contribution < 1.29 is 37.3 Å². The van der Waals surface area contributed by atoms with Crippen molar-refractivity contribution in [1.82, 2.24) is 24.8 Å². The lowest BCUT2D eigenvalue weighted by Gasteiger charge is -2.39. The Hall–Kier alpha value is -4.50. The normalized spacial score (nSPS) is 15.4. The zero-order valence-corrected chi connectivity index (χ0v) is 32.2. The Morgan fingerprint density at radius 2 is 1.79 bits per heavy atom. The topological polar surface area (TPSA) is 155 Å². The zero-order valence-electron chi connectivity index (χ0n) is 29.7. The number of aromatic nitrogens is 4. The van der Waals surface area contributed by atoms with Crippen LogP contribution in [0.2, 0.25) is 0 Å². The van der Waals surface area contributed by atoms with Crippen LogP contribution < -0.4 is 25.6 Å². The smallest absolute Gasteiger partial charge is 0.490 e. The molecule has 0 unspecified atom stereocenters. The minimum atomic E-state index is -5.08. The van der Waals surface area contributed by atoms with Gasteiger partial charge in [-0.25, -0.2) is 14.6 Å². The highest BCUT2D eigenvalue weighted by Gasteiger charge is 2.38. The monoisotopic (exact) mass is 820 g/mol. The number of anilines is 5. The van der Waals surface area contributed by atoms with Crippen LogP contribution in [-0.2, 0) is 16.0 Å². The van der Waals surface area contributed by atoms with E-state index in [2.05, 4.69) is 78.8 Å². The van der Waals surface area contributed by atoms with E-state index in [4.69, 9.17) is 24.4 Å². The molecule has 2 aromatic carbocycles. The van der Waals surface area contributed by atoms with E-state index >= 15 is 0 Å². The summed E-state index contributed by atoms with van der Waals surface area (Å²) in [5.74, 6) is -0.959. The molecule has 53 heavy (non-hydrogen) atoms. The van der Waals surface area contributed by atoms with Crippen LogP contribution in [-0.4, -0.2) is 101 Å². The minimum Gasteiger partial charge on any atom is -0.494 e. The van der Waals surface area contributed by atoms with Crippen LogP contribution in [0.25, 0.3) is 11.0 Å². The van der Waals surface area contributed by atoms with Crippen LogP contribution >= 0.6 is 23.9 Å². The molecular formula is C35H41BrF3N8O5P. The molecule has 2 aliphatic rings. The molecule has 4 heterocycles. The van der Waals surface area contributed by atoms with E-state index in [1.165, 1.54) is 5.56 Å². The fourth-order valence-corrected chi connectivity index (χ4v) is 7.76. The van der Waals surface area contributed by atoms with Gasteiger partial charge in [0.15, 0.2) is 0 Å². The standard InChI is InChI=1S/C33H40BrN8O3P.C2HF3O2/c1-5-21-18-26(28(44-2)19-27(21)41-15-10-22(11-16-41)42-14-6-7-17-45-33(42)43)39-32-37-20-23(34)31(40-32)38-25-9-8-24-29(30(25)46(3)4)36-13-12-35-24;3-2(4,5)1(6)7/h8-9,12-13,18-20,22H,5-7,10-11,14-17H2,1-4H3,(H2,37,38,39,40);(H,6,7). The molecule has 3 N–H and O–H groups in total. The van der Waals surface area contributed by atoms with Crippen LogP contribution in [0.4, 0.5) is 46.8 Å². The Bertz CT molecular complexity index is 1930. The lowest BCUT2D eigenvalue weighted by Crippen LogP contribution is -2.47. The highest BCUT2D eigenvalue weighted by atomic mass is 79.9. The van der Waals surface area contributed by atoms with Gasteiger partial charge in [0.2, 0.25) is 5.95 Å². The molecule has 0 aliphatic carbocycles. The number of amides is 1. The summed E-state index contributed by atoms with van der Waals surface area (Å²) in [7, 11) is 1.20. The number of nitrogens with zero attached hydrogens (tertiary/aromatic N) is 6. The molecule has 13 nitrogen and oxygen atoms in total. The van der Waals surface area contributed by atoms with Crippen LogP contribution in [0.1, 0.15) is 38.2 Å². The second kappa shape index (κ2) is 17.5. The third kappa shape index (κ3) is 9.74. The van der Waals surface area contributed by atoms with E-state index in [-0.39, 0.29) is 12.1 Å². The lowest BCUT2D eigenvalue weighted by molar-refractivity contribution is -0.192. The largest absolute Gasteiger partial charge is 0.494 e. The van der Waals surface area contributed by atoms with Crippen molar-refractivity contribution in [2.75, 3.05) is 62.2 Å². The number of nitrogens with one attached hydrogen (secondary N) is 2. The molecule has 2 fully saturated rings. The molecule has 2 saturated heterocycles. The number of methoxy groups -OCH3 is 1. The second-order valence-corrected chi connectivity index (χ2v) is 15.6. The molecule has 0 atom stereocenters. The zero-order chi connectivity index (χ0) is 38.3. The number of aryl methyl sites for hydroxylation is 1. The molecule has 4 aromatic rings. The number of halogens is 4. The summed E-state index contributed by atoms with van der Waals surface area (Å²) in [4.78, 5) is 44.3. The number of hydrogen-bond acceptors (Lipinski definition) is 11. The maximum absolute atomic E-state index is 12.5. The summed E-state index contributed by atoms with van der Waals surface area (Å²) in [6, 6.07) is 8.46. The maximum atomic E-state index is 12.5. The van der Waals surface area contributed by atoms with Gasteiger partial charge in [-0.1, -0.05) is 14.8 Å². The second-order valence-electron chi connectivity index (χ2n) is 12.5. The Morgan fingerprint density at radius 3 is 2.45 bits per heavy atom. The van der Waals surface area contributed by atoms with Crippen molar-refractivity contribution in [2.45, 2.75) is 51.2 Å². The summed E-state index contributed by atoms with van der Waals surface area (Å²) in [6.45, 7) is 9.61. The van der Waals surface area contributed by atoms with Gasteiger partial charge in [-0.05, 0) is 85.1 Å². The van der Waals surface area contributed by atoms with E-state index in [0.29, 0.717) is 24.1 Å². The summed E-state index contributed by atoms with van der Waals surface area (Å²) in [6.07, 6.45) is 4.54. The number of carbonyl (C=O) groups excluding carboxylic acids is 1. The Labute approximate surface area is 314 Å². The number of rotatable bonds is 9. The number of cyclic esters (lactones) is 1. The highest BCUT2D eigenvalue weighted by Crippen LogP contribution is 2.38. The number of hydrogen-bond donors (Lipinski definition) is 3. The molecule has 6 rings (SSSR count). The van der Waals surface area contributed by atoms with Crippen molar-refractivity contribution in [3.63, 3.8) is 0 Å². The first-order valence-corrected chi connectivity index (χ1v) is 20.0. The molecule has 1 amide bonds. The van der Waals surface area contributed by atoms with Crippen molar-refractivity contribution in [3.05, 3.63) is 52.9 Å². The van der Waals surface area contributed by atoms with Crippen LogP contribution in [0, 0.1) is 0 Å². The molecule has 2 aliphatic heterocycles. The molecule has 0 bridgehead atoms. The number of ether oxygens (including phenoxy) is 2. The van der Waals surface area contributed by atoms with Gasteiger partial charge in [0.25, 0.3) is 0 Å². The number of carboxylic acid groups (broad SMARTS) is 1. The van der Waals surface area contributed by atoms with Crippen LogP contribution in [0.15, 0.2) is 47.3 Å². The number of fused-ring (bicyclic) bond motifs is 1. The van der Waals surface area contributed by atoms with E-state index in [1.54, 1.807) is 25.7 Å². The van der Waals surface area contributed by atoms with E-state index in [9.17, 15) is 18.0 Å². The first-order chi connectivity index (χ1) is 25.3. The van der Waals surface area contributed by atoms with Gasteiger partial charge in [0, 0.05) is 67.0 Å². The third-order valence-corrected chi connectivity index (χ3v) is 10.8. The fraction of sp³-hybridized carbons (Fsp3) is 0.429. The van der Waals surface area contributed by atoms with Gasteiger partial charge in [0.05, 0.1) is 34.9 Å². The SMILES string of the molecule is CCc1cc(Nc2ncc(Br)c(Nc3ccc4nccnc4c3P(C)C)n2)c(OC)cc1N1CCC(N2CCCCOC2=O)CC1.O=C(O)C(F)(F)F. The number of aliphatic carboxylic acids is 1. The summed E-state index contributed by atoms with van der Waals surface area (Å²) < 4.78 is 43.8. The van der Waals surface area contributed by atoms with Crippen molar-refractivity contribution >= 4 is 81.1 Å². The van der Waals surface area contributed by atoms with Crippen LogP contribution in [0.5, 0.6) is 5.75 Å². The predicted molar refractivity (Wildman–Crippen MR) is 203 cm³/mol. The van der Waals surface area contributed by atoms with Gasteiger partial charge >= 0.3 is 18.2 Å². The number of carboxylic acids is 1. The van der Waals surface area contributed by atoms with Gasteiger partial charge in [-0.3, -0.25) is 9.97 Å². The third-order valence-electron chi connectivity index (χ3n) is 8.83. The van der Waals surface area contributed by atoms with E-state index < -0.39 is 20.1 Å². The molecule has 0 spiro atoms. The number of alkyl halides is 3. The lowest BCUT2D eigenvalue weighted by atomic mass is 10.00. The van der Waals surface area contributed by atoms with Gasteiger partial charge in [0.1, 0.15) is 11.6 Å². The Kier molecular flexibility index (Phi) is 13.1. The fourth-order valence-electron chi connectivity index (χ4n) is 6.26. The predicted octanol–water partition coefficient (Wildman–Crippen LogP) is 7.44. The minimum absolute atomic E-state index is 0.163. The first kappa shape index (κ1) is 39.7. The summed E-state index contributed by atoms with van der Waals surface area (Å²) in [5, 5.41) is 15.2. The maximum Gasteiger partial charge on any atom is 0.490 e. The molecule has 0 radical (unpaired) electrons. The highest BCUT2D eigenvalue weighted by molar-refractivity contribution is 9.10. The Morgan fingerprint density at radius 1 is 1.08 bits per heavy atom. The molecule has 2 aromatic heterocycles. The van der Waals surface area contributed by atoms with Gasteiger partial charge in [-0.2, -0.15) is 18.2 Å². The van der Waals surface area contributed by atoms with Gasteiger partial charge < -0.3 is 35.0 Å². The number of benzene rings is 2. The molecule has 18 heteroatoms. The quantitative estimate of drug-likeness (QED) is 0.144. The summed E-state index contributed by atoms with van der Waals surface area (Å²) >= 11 is 3.63. The molecule has 284 valence electrons. The van der Waals surface area contributed by atoms with Crippen molar-refractivity contribution in [1.29, 1.82) is 0 Å². The summed E-state index contributed by atoms with van der Waals surface area (Å²) in [5.41, 5.74) is 5.87. The van der Waals surface area contributed by atoms with Crippen LogP contribution in [0.3, 0.4) is 0 Å². The van der Waals surface area contributed by atoms with E-state index in [1.807, 2.05) is 17.0 Å². The van der Waals surface area contributed by atoms with Gasteiger partial charge in [-0.15, -0.1) is 0 Å². The van der Waals surface area contributed by atoms with E-state index in [0.717, 1.165) is 89.6 Å². The Balaban J connectivity index is 0.000000705. The van der Waals surface area contributed by atoms with Crippen molar-refractivity contribution in [3.8, 4) is 5.75 Å². The van der Waals surface area contributed by atoms with Crippen molar-refractivity contribution in [2.24, 2.45) is 0 Å². The number of carbonyl (C=O) groups is 2. The average Bonchev–Trinajstić information content (AvgIpc) is 3.36. The average molecular weight is 822 g/mol.